The van der Waals surface area contributed by atoms with Crippen LogP contribution >= 0.6 is 0 Å². The molecular formula is C17H20N6. The van der Waals surface area contributed by atoms with Gasteiger partial charge in [0.2, 0.25) is 0 Å². The van der Waals surface area contributed by atoms with Crippen molar-refractivity contribution in [2.45, 2.75) is 32.7 Å². The number of nitrogens with zero attached hydrogens (tertiary/aromatic N) is 6. The Kier molecular flexibility index (Phi) is 3.65. The van der Waals surface area contributed by atoms with Gasteiger partial charge in [0.05, 0.1) is 6.54 Å². The summed E-state index contributed by atoms with van der Waals surface area (Å²) < 4.78 is 1.87. The fourth-order valence-electron chi connectivity index (χ4n) is 3.14. The van der Waals surface area contributed by atoms with Gasteiger partial charge in [0, 0.05) is 13.1 Å². The highest BCUT2D eigenvalue weighted by Crippen LogP contribution is 2.25. The fraction of sp³-hybridized carbons (Fsp3) is 0.412. The van der Waals surface area contributed by atoms with Crippen LogP contribution in [0.5, 0.6) is 0 Å². The Morgan fingerprint density at radius 2 is 1.78 bits per heavy atom. The maximum atomic E-state index is 4.64. The summed E-state index contributed by atoms with van der Waals surface area (Å²) in [6.45, 7) is 4.69. The van der Waals surface area contributed by atoms with Crippen molar-refractivity contribution in [3.63, 3.8) is 0 Å². The molecule has 0 atom stereocenters. The molecule has 0 amide bonds. The number of aryl methyl sites for hydroxylation is 1. The van der Waals surface area contributed by atoms with Crippen molar-refractivity contribution in [3.8, 4) is 0 Å². The van der Waals surface area contributed by atoms with Crippen molar-refractivity contribution in [1.82, 2.24) is 25.0 Å². The van der Waals surface area contributed by atoms with Crippen LogP contribution in [0.25, 0.3) is 11.2 Å². The summed E-state index contributed by atoms with van der Waals surface area (Å²) >= 11 is 0. The molecule has 1 aliphatic heterocycles. The Balaban J connectivity index is 1.75. The third-order valence-corrected chi connectivity index (χ3v) is 4.29. The molecule has 0 saturated carbocycles. The summed E-state index contributed by atoms with van der Waals surface area (Å²) in [7, 11) is 0. The second-order valence-electron chi connectivity index (χ2n) is 6.05. The van der Waals surface area contributed by atoms with E-state index in [2.05, 4.69) is 37.3 Å². The minimum Gasteiger partial charge on any atom is -0.355 e. The number of piperidine rings is 1. The third kappa shape index (κ3) is 2.76. The largest absolute Gasteiger partial charge is 0.355 e. The summed E-state index contributed by atoms with van der Waals surface area (Å²) in [5.74, 6) is 1.71. The lowest BCUT2D eigenvalue weighted by molar-refractivity contribution is 0.574. The fourth-order valence-corrected chi connectivity index (χ4v) is 3.14. The molecule has 4 rings (SSSR count). The number of hydrogen-bond donors (Lipinski definition) is 0. The Morgan fingerprint density at radius 1 is 1.00 bits per heavy atom. The van der Waals surface area contributed by atoms with Crippen LogP contribution < -0.4 is 4.90 Å². The van der Waals surface area contributed by atoms with Crippen LogP contribution in [0.2, 0.25) is 0 Å². The van der Waals surface area contributed by atoms with E-state index >= 15 is 0 Å². The molecule has 1 aliphatic rings. The zero-order valence-electron chi connectivity index (χ0n) is 13.3. The summed E-state index contributed by atoms with van der Waals surface area (Å²) in [6.07, 6.45) is 3.72. The van der Waals surface area contributed by atoms with Gasteiger partial charge in [-0.2, -0.15) is 0 Å². The molecular weight excluding hydrogens is 288 g/mol. The first-order chi connectivity index (χ1) is 11.3. The zero-order valence-corrected chi connectivity index (χ0v) is 13.3. The zero-order chi connectivity index (χ0) is 15.6. The summed E-state index contributed by atoms with van der Waals surface area (Å²) in [5, 5.41) is 8.70. The summed E-state index contributed by atoms with van der Waals surface area (Å²) in [4.78, 5) is 11.6. The minimum atomic E-state index is 0.674. The van der Waals surface area contributed by atoms with Crippen molar-refractivity contribution in [1.29, 1.82) is 0 Å². The molecule has 1 fully saturated rings. The lowest BCUT2D eigenvalue weighted by Gasteiger charge is -2.27. The summed E-state index contributed by atoms with van der Waals surface area (Å²) in [5.41, 5.74) is 2.82. The number of anilines is 1. The SMILES string of the molecule is Cc1nc(N2CCCCC2)c2nnn(Cc3ccccc3)c2n1. The highest BCUT2D eigenvalue weighted by molar-refractivity contribution is 5.83. The van der Waals surface area contributed by atoms with E-state index in [9.17, 15) is 0 Å². The van der Waals surface area contributed by atoms with Crippen LogP contribution in [-0.4, -0.2) is 38.1 Å². The van der Waals surface area contributed by atoms with Crippen molar-refractivity contribution in [3.05, 3.63) is 41.7 Å². The monoisotopic (exact) mass is 308 g/mol. The smallest absolute Gasteiger partial charge is 0.184 e. The van der Waals surface area contributed by atoms with E-state index in [-0.39, 0.29) is 0 Å². The van der Waals surface area contributed by atoms with Gasteiger partial charge in [-0.3, -0.25) is 0 Å². The second-order valence-corrected chi connectivity index (χ2v) is 6.05. The molecule has 3 heterocycles. The van der Waals surface area contributed by atoms with E-state index < -0.39 is 0 Å². The molecule has 0 N–H and O–H groups in total. The highest BCUT2D eigenvalue weighted by Gasteiger charge is 2.20. The molecule has 1 saturated heterocycles. The number of aromatic nitrogens is 5. The van der Waals surface area contributed by atoms with E-state index in [1.807, 2.05) is 29.8 Å². The Labute approximate surface area is 135 Å². The molecule has 0 spiro atoms. The molecule has 1 aromatic carbocycles. The van der Waals surface area contributed by atoms with E-state index in [4.69, 9.17) is 0 Å². The van der Waals surface area contributed by atoms with E-state index in [1.165, 1.54) is 24.8 Å². The van der Waals surface area contributed by atoms with Crippen LogP contribution in [0.1, 0.15) is 30.7 Å². The van der Waals surface area contributed by atoms with Gasteiger partial charge < -0.3 is 4.90 Å². The van der Waals surface area contributed by atoms with Crippen molar-refractivity contribution < 1.29 is 0 Å². The number of rotatable bonds is 3. The molecule has 0 unspecified atom stereocenters. The molecule has 2 aromatic heterocycles. The molecule has 0 radical (unpaired) electrons. The standard InChI is InChI=1S/C17H20N6/c1-13-18-16(22-10-6-3-7-11-22)15-17(19-13)23(21-20-15)12-14-8-4-2-5-9-14/h2,4-5,8-9H,3,6-7,10-12H2,1H3. The van der Waals surface area contributed by atoms with Gasteiger partial charge in [0.25, 0.3) is 0 Å². The van der Waals surface area contributed by atoms with E-state index in [0.717, 1.165) is 35.9 Å². The average molecular weight is 308 g/mol. The van der Waals surface area contributed by atoms with Crippen LogP contribution in [0.3, 0.4) is 0 Å². The average Bonchev–Trinajstić information content (AvgIpc) is 2.99. The predicted molar refractivity (Wildman–Crippen MR) is 89.5 cm³/mol. The molecule has 0 aliphatic carbocycles. The molecule has 6 heteroatoms. The van der Waals surface area contributed by atoms with Crippen molar-refractivity contribution in [2.75, 3.05) is 18.0 Å². The Bertz CT molecular complexity index is 805. The number of hydrogen-bond acceptors (Lipinski definition) is 5. The predicted octanol–water partition coefficient (Wildman–Crippen LogP) is 2.57. The van der Waals surface area contributed by atoms with Gasteiger partial charge in [-0.25, -0.2) is 14.6 Å². The lowest BCUT2D eigenvalue weighted by Crippen LogP contribution is -2.30. The molecule has 3 aromatic rings. The van der Waals surface area contributed by atoms with Gasteiger partial charge in [0.15, 0.2) is 17.0 Å². The van der Waals surface area contributed by atoms with Gasteiger partial charge in [-0.15, -0.1) is 5.10 Å². The molecule has 118 valence electrons. The Hall–Kier alpha value is -2.50. The molecule has 6 nitrogen and oxygen atoms in total. The quantitative estimate of drug-likeness (QED) is 0.744. The lowest BCUT2D eigenvalue weighted by atomic mass is 10.1. The normalized spacial score (nSPS) is 15.3. The molecule has 23 heavy (non-hydrogen) atoms. The first-order valence-electron chi connectivity index (χ1n) is 8.18. The summed E-state index contributed by atoms with van der Waals surface area (Å²) in [6, 6.07) is 10.3. The van der Waals surface area contributed by atoms with Crippen molar-refractivity contribution in [2.24, 2.45) is 0 Å². The first kappa shape index (κ1) is 14.1. The van der Waals surface area contributed by atoms with Gasteiger partial charge in [-0.1, -0.05) is 35.5 Å². The van der Waals surface area contributed by atoms with Gasteiger partial charge in [0.1, 0.15) is 5.82 Å². The first-order valence-corrected chi connectivity index (χ1v) is 8.18. The van der Waals surface area contributed by atoms with Gasteiger partial charge in [-0.05, 0) is 31.7 Å². The van der Waals surface area contributed by atoms with E-state index in [1.54, 1.807) is 0 Å². The maximum absolute atomic E-state index is 4.64. The highest BCUT2D eigenvalue weighted by atomic mass is 15.4. The molecule has 0 bridgehead atoms. The van der Waals surface area contributed by atoms with Crippen LogP contribution in [0.15, 0.2) is 30.3 Å². The van der Waals surface area contributed by atoms with Crippen LogP contribution in [0.4, 0.5) is 5.82 Å². The number of benzene rings is 1. The second kappa shape index (κ2) is 5.95. The van der Waals surface area contributed by atoms with Crippen LogP contribution in [-0.2, 0) is 6.54 Å². The minimum absolute atomic E-state index is 0.674. The maximum Gasteiger partial charge on any atom is 0.184 e. The Morgan fingerprint density at radius 3 is 2.57 bits per heavy atom. The van der Waals surface area contributed by atoms with Crippen molar-refractivity contribution >= 4 is 17.0 Å². The van der Waals surface area contributed by atoms with E-state index in [0.29, 0.717) is 6.54 Å². The topological polar surface area (TPSA) is 59.7 Å². The van der Waals surface area contributed by atoms with Gasteiger partial charge >= 0.3 is 0 Å². The van der Waals surface area contributed by atoms with Crippen LogP contribution in [0, 0.1) is 6.92 Å². The number of fused-ring (bicyclic) bond motifs is 1. The third-order valence-electron chi connectivity index (χ3n) is 4.29.